The molecule has 36 heavy (non-hydrogen) atoms. The first kappa shape index (κ1) is 27.9. The van der Waals surface area contributed by atoms with Crippen molar-refractivity contribution in [1.82, 2.24) is 0 Å². The minimum atomic E-state index is -1.09. The van der Waals surface area contributed by atoms with E-state index in [9.17, 15) is 29.4 Å². The quantitative estimate of drug-likeness (QED) is 0.194. The van der Waals surface area contributed by atoms with Crippen molar-refractivity contribution in [3.8, 4) is 0 Å². The lowest BCUT2D eigenvalue weighted by Gasteiger charge is -2.70. The molecule has 0 aromatic heterocycles. The van der Waals surface area contributed by atoms with E-state index in [1.807, 2.05) is 0 Å². The highest BCUT2D eigenvalue weighted by atomic mass is 16.5. The summed E-state index contributed by atoms with van der Waals surface area (Å²) in [6.45, 7) is 10.7. The number of hydrogen-bond donors (Lipinski definition) is 2. The Morgan fingerprint density at radius 2 is 1.08 bits per heavy atom. The molecule has 4 saturated carbocycles. The van der Waals surface area contributed by atoms with Gasteiger partial charge in [-0.3, -0.25) is 9.59 Å². The number of rotatable bonds is 14. The summed E-state index contributed by atoms with van der Waals surface area (Å²) in [5, 5.41) is 21.3. The second-order valence-corrected chi connectivity index (χ2v) is 11.4. The Hall–Kier alpha value is -2.64. The highest BCUT2D eigenvalue weighted by molar-refractivity contribution is 5.87. The van der Waals surface area contributed by atoms with Crippen molar-refractivity contribution in [1.29, 1.82) is 0 Å². The molecule has 0 aromatic rings. The molecule has 4 bridgehead atoms. The van der Waals surface area contributed by atoms with Gasteiger partial charge < -0.3 is 19.7 Å². The molecule has 8 heteroatoms. The smallest absolute Gasteiger partial charge is 0.333 e. The van der Waals surface area contributed by atoms with Crippen LogP contribution in [0.5, 0.6) is 0 Å². The summed E-state index contributed by atoms with van der Waals surface area (Å²) >= 11 is 0. The highest BCUT2D eigenvalue weighted by Gasteiger charge is 2.76. The van der Waals surface area contributed by atoms with Crippen LogP contribution in [0.3, 0.4) is 0 Å². The summed E-state index contributed by atoms with van der Waals surface area (Å²) < 4.78 is 10.4. The zero-order valence-corrected chi connectivity index (χ0v) is 21.6. The van der Waals surface area contributed by atoms with Crippen LogP contribution in [0.25, 0.3) is 0 Å². The average molecular weight is 505 g/mol. The number of unbranched alkanes of at least 4 members (excludes halogenated alkanes) is 2. The second kappa shape index (κ2) is 10.8. The van der Waals surface area contributed by atoms with Crippen molar-refractivity contribution < 1.29 is 38.9 Å². The standard InChI is InChI=1S/C28H40O8/c1-18(2)22(29)35-11-7-5-9-28(10-6-8-12-36-23(30)19(3)4)26(24(31)32)14-20-13-21(16-26)17-27(28,15-20)25(33)34/h20-21H,1,3,5-17H2,2,4H3,(H,31,32)(H,33,34). The maximum atomic E-state index is 13.0. The number of carboxylic acids is 2. The van der Waals surface area contributed by atoms with Crippen LogP contribution in [0.15, 0.2) is 24.3 Å². The molecule has 0 aromatic carbocycles. The molecule has 0 saturated heterocycles. The molecule has 4 rings (SSSR count). The topological polar surface area (TPSA) is 127 Å². The SMILES string of the molecule is C=C(C)C(=O)OCCCCC1(CCCCOC(=O)C(=C)C)C2(C(=O)O)CC3CC(C2)CC1(C(=O)O)C3. The summed E-state index contributed by atoms with van der Waals surface area (Å²) in [6.07, 6.45) is 6.04. The van der Waals surface area contributed by atoms with Gasteiger partial charge in [-0.1, -0.05) is 13.2 Å². The van der Waals surface area contributed by atoms with E-state index in [-0.39, 0.29) is 25.0 Å². The average Bonchev–Trinajstić information content (AvgIpc) is 2.79. The fourth-order valence-corrected chi connectivity index (χ4v) is 7.80. The van der Waals surface area contributed by atoms with E-state index in [4.69, 9.17) is 9.47 Å². The van der Waals surface area contributed by atoms with Gasteiger partial charge in [-0.2, -0.15) is 0 Å². The zero-order valence-electron chi connectivity index (χ0n) is 21.6. The monoisotopic (exact) mass is 504 g/mol. The highest BCUT2D eigenvalue weighted by Crippen LogP contribution is 2.76. The maximum Gasteiger partial charge on any atom is 0.333 e. The molecule has 0 atom stereocenters. The lowest BCUT2D eigenvalue weighted by molar-refractivity contribution is -0.248. The van der Waals surface area contributed by atoms with E-state index in [1.54, 1.807) is 13.8 Å². The Balaban J connectivity index is 1.84. The van der Waals surface area contributed by atoms with Crippen LogP contribution in [0.4, 0.5) is 0 Å². The van der Waals surface area contributed by atoms with Crippen LogP contribution in [0.2, 0.25) is 0 Å². The van der Waals surface area contributed by atoms with Crippen LogP contribution in [-0.4, -0.2) is 47.3 Å². The van der Waals surface area contributed by atoms with E-state index < -0.39 is 40.1 Å². The van der Waals surface area contributed by atoms with Gasteiger partial charge in [-0.25, -0.2) is 9.59 Å². The van der Waals surface area contributed by atoms with E-state index in [0.717, 1.165) is 6.42 Å². The second-order valence-electron chi connectivity index (χ2n) is 11.4. The lowest BCUT2D eigenvalue weighted by atomic mass is 9.31. The van der Waals surface area contributed by atoms with Gasteiger partial charge in [-0.15, -0.1) is 0 Å². The minimum Gasteiger partial charge on any atom is -0.481 e. The number of esters is 2. The molecule has 4 aliphatic rings. The van der Waals surface area contributed by atoms with Gasteiger partial charge in [0.2, 0.25) is 0 Å². The van der Waals surface area contributed by atoms with Gasteiger partial charge in [0, 0.05) is 16.6 Å². The van der Waals surface area contributed by atoms with Crippen LogP contribution >= 0.6 is 0 Å². The molecule has 200 valence electrons. The zero-order chi connectivity index (χ0) is 26.7. The van der Waals surface area contributed by atoms with Crippen molar-refractivity contribution in [2.75, 3.05) is 13.2 Å². The number of hydrogen-bond acceptors (Lipinski definition) is 6. The number of carboxylic acid groups (broad SMARTS) is 2. The molecular formula is C28H40O8. The van der Waals surface area contributed by atoms with Crippen molar-refractivity contribution in [3.05, 3.63) is 24.3 Å². The third kappa shape index (κ3) is 4.83. The minimum absolute atomic E-state index is 0.117. The Morgan fingerprint density at radius 1 is 0.722 bits per heavy atom. The Bertz CT molecular complexity index is 846. The Labute approximate surface area is 213 Å². The van der Waals surface area contributed by atoms with E-state index in [1.165, 1.54) is 0 Å². The normalized spacial score (nSPS) is 29.4. The van der Waals surface area contributed by atoms with Crippen LogP contribution in [0.1, 0.15) is 84.5 Å². The molecule has 0 amide bonds. The Kier molecular flexibility index (Phi) is 8.36. The van der Waals surface area contributed by atoms with Gasteiger partial charge in [0.25, 0.3) is 0 Å². The van der Waals surface area contributed by atoms with E-state index in [0.29, 0.717) is 75.4 Å². The molecule has 0 radical (unpaired) electrons. The molecule has 0 aliphatic heterocycles. The van der Waals surface area contributed by atoms with Crippen LogP contribution in [-0.2, 0) is 28.7 Å². The number of carbonyl (C=O) groups excluding carboxylic acids is 2. The number of ether oxygens (including phenoxy) is 2. The van der Waals surface area contributed by atoms with Gasteiger partial charge in [0.1, 0.15) is 0 Å². The van der Waals surface area contributed by atoms with Gasteiger partial charge in [0.05, 0.1) is 24.0 Å². The maximum absolute atomic E-state index is 13.0. The molecule has 0 unspecified atom stereocenters. The summed E-state index contributed by atoms with van der Waals surface area (Å²) in [7, 11) is 0. The van der Waals surface area contributed by atoms with Crippen molar-refractivity contribution in [3.63, 3.8) is 0 Å². The van der Waals surface area contributed by atoms with E-state index in [2.05, 4.69) is 13.2 Å². The molecular weight excluding hydrogens is 464 g/mol. The molecule has 0 spiro atoms. The molecule has 8 nitrogen and oxygen atoms in total. The number of carbonyl (C=O) groups is 4. The number of aliphatic carboxylic acids is 2. The summed E-state index contributed by atoms with van der Waals surface area (Å²) in [4.78, 5) is 49.4. The molecule has 4 fully saturated rings. The summed E-state index contributed by atoms with van der Waals surface area (Å²) in [5.41, 5.74) is -2.46. The fraction of sp³-hybridized carbons (Fsp3) is 0.714. The van der Waals surface area contributed by atoms with Gasteiger partial charge >= 0.3 is 23.9 Å². The first-order chi connectivity index (χ1) is 16.9. The van der Waals surface area contributed by atoms with Gasteiger partial charge in [-0.05, 0) is 96.3 Å². The van der Waals surface area contributed by atoms with Crippen molar-refractivity contribution in [2.24, 2.45) is 28.1 Å². The molecule has 2 N–H and O–H groups in total. The van der Waals surface area contributed by atoms with Crippen LogP contribution < -0.4 is 0 Å². The van der Waals surface area contributed by atoms with E-state index >= 15 is 0 Å². The predicted octanol–water partition coefficient (Wildman–Crippen LogP) is 4.92. The van der Waals surface area contributed by atoms with Gasteiger partial charge in [0.15, 0.2) is 0 Å². The summed E-state index contributed by atoms with van der Waals surface area (Å²) in [5.74, 6) is -2.47. The third-order valence-electron chi connectivity index (χ3n) is 9.03. The molecule has 0 heterocycles. The molecule has 4 aliphatic carbocycles. The van der Waals surface area contributed by atoms with Crippen LogP contribution in [0, 0.1) is 28.1 Å². The van der Waals surface area contributed by atoms with Crippen molar-refractivity contribution in [2.45, 2.75) is 84.5 Å². The third-order valence-corrected chi connectivity index (χ3v) is 9.03. The largest absolute Gasteiger partial charge is 0.481 e. The Morgan fingerprint density at radius 3 is 1.39 bits per heavy atom. The fourth-order valence-electron chi connectivity index (χ4n) is 7.80. The first-order valence-corrected chi connectivity index (χ1v) is 13.0. The first-order valence-electron chi connectivity index (χ1n) is 13.0. The lowest BCUT2D eigenvalue weighted by Crippen LogP contribution is -2.70. The summed E-state index contributed by atoms with van der Waals surface area (Å²) in [6, 6.07) is 0. The van der Waals surface area contributed by atoms with Crippen molar-refractivity contribution >= 4 is 23.9 Å². The predicted molar refractivity (Wildman–Crippen MR) is 132 cm³/mol.